The number of benzene rings is 2. The number of hydrogen-bond donors (Lipinski definition) is 3. The van der Waals surface area contributed by atoms with Gasteiger partial charge in [0.1, 0.15) is 5.82 Å². The number of Topliss-reactive ketones (excluding diaryl/α,β-unsaturated/α-hetero) is 1. The Kier molecular flexibility index (Phi) is 3.43. The number of aromatic nitrogens is 1. The first-order chi connectivity index (χ1) is 12.4. The zero-order valence-electron chi connectivity index (χ0n) is 13.7. The van der Waals surface area contributed by atoms with Crippen molar-refractivity contribution in [2.45, 2.75) is 6.92 Å². The number of pyridine rings is 1. The summed E-state index contributed by atoms with van der Waals surface area (Å²) < 4.78 is 0. The summed E-state index contributed by atoms with van der Waals surface area (Å²) in [6, 6.07) is 11.8. The van der Waals surface area contributed by atoms with E-state index >= 15 is 0 Å². The van der Waals surface area contributed by atoms with E-state index in [9.17, 15) is 19.5 Å². The molecule has 0 fully saturated rings. The molecule has 0 spiro atoms. The molecule has 1 aliphatic heterocycles. The second kappa shape index (κ2) is 5.66. The molecule has 2 heterocycles. The fraction of sp³-hybridized carbons (Fsp3) is 0.0526. The molecule has 4 rings (SSSR count). The number of ketones is 1. The van der Waals surface area contributed by atoms with Crippen molar-refractivity contribution in [3.05, 3.63) is 59.2 Å². The van der Waals surface area contributed by atoms with Crippen molar-refractivity contribution in [3.8, 4) is 0 Å². The second-order valence-corrected chi connectivity index (χ2v) is 6.03. The Morgan fingerprint density at radius 3 is 2.69 bits per heavy atom. The number of hydrogen-bond acceptors (Lipinski definition) is 5. The molecule has 7 heteroatoms. The van der Waals surface area contributed by atoms with Gasteiger partial charge in [-0.2, -0.15) is 0 Å². The Morgan fingerprint density at radius 2 is 1.96 bits per heavy atom. The van der Waals surface area contributed by atoms with Gasteiger partial charge in [-0.05, 0) is 42.8 Å². The Hall–Kier alpha value is -3.74. The maximum Gasteiger partial charge on any atom is 0.335 e. The van der Waals surface area contributed by atoms with E-state index in [4.69, 9.17) is 0 Å². The Bertz CT molecular complexity index is 1120. The summed E-state index contributed by atoms with van der Waals surface area (Å²) >= 11 is 0. The first-order valence-electron chi connectivity index (χ1n) is 7.84. The van der Waals surface area contributed by atoms with E-state index in [0.717, 1.165) is 5.56 Å². The minimum atomic E-state index is -1.08. The van der Waals surface area contributed by atoms with E-state index in [1.165, 1.54) is 12.1 Å². The van der Waals surface area contributed by atoms with Crippen LogP contribution >= 0.6 is 0 Å². The molecule has 3 aromatic rings. The van der Waals surface area contributed by atoms with Gasteiger partial charge in [0.25, 0.3) is 11.7 Å². The number of carboxylic acids is 1. The predicted molar refractivity (Wildman–Crippen MR) is 96.1 cm³/mol. The van der Waals surface area contributed by atoms with Gasteiger partial charge in [0.05, 0.1) is 22.3 Å². The third kappa shape index (κ3) is 2.46. The number of carbonyl (C=O) groups is 3. The average Bonchev–Trinajstić information content (AvgIpc) is 2.90. The lowest BCUT2D eigenvalue weighted by Crippen LogP contribution is -2.13. The SMILES string of the molecule is Cc1cccc(Nc2nc3cc(C(=O)O)ccc3c3c2C(=O)C(=O)N3)c1. The van der Waals surface area contributed by atoms with Gasteiger partial charge in [-0.15, -0.1) is 0 Å². The summed E-state index contributed by atoms with van der Waals surface area (Å²) in [6.07, 6.45) is 0. The molecule has 128 valence electrons. The molecule has 0 atom stereocenters. The van der Waals surface area contributed by atoms with Crippen LogP contribution in [-0.2, 0) is 4.79 Å². The molecule has 0 aliphatic carbocycles. The van der Waals surface area contributed by atoms with Crippen LogP contribution in [0.1, 0.15) is 26.3 Å². The number of nitrogens with one attached hydrogen (secondary N) is 2. The Morgan fingerprint density at radius 1 is 1.15 bits per heavy atom. The number of aryl methyl sites for hydroxylation is 1. The van der Waals surface area contributed by atoms with Gasteiger partial charge in [-0.3, -0.25) is 9.59 Å². The number of rotatable bonds is 3. The lowest BCUT2D eigenvalue weighted by molar-refractivity contribution is -0.112. The standard InChI is InChI=1S/C19H13N3O4/c1-9-3-2-4-11(7-9)20-17-14-15(22-18(24)16(14)23)12-6-5-10(19(25)26)8-13(12)21-17/h2-8H,1H3,(H,20,21)(H,25,26)(H,22,23,24). The molecule has 7 nitrogen and oxygen atoms in total. The maximum atomic E-state index is 12.3. The Balaban J connectivity index is 1.94. The van der Waals surface area contributed by atoms with Gasteiger partial charge in [0, 0.05) is 11.1 Å². The van der Waals surface area contributed by atoms with Crippen molar-refractivity contribution in [2.24, 2.45) is 0 Å². The zero-order chi connectivity index (χ0) is 18.4. The molecule has 0 unspecified atom stereocenters. The van der Waals surface area contributed by atoms with Crippen LogP contribution in [0.25, 0.3) is 10.9 Å². The van der Waals surface area contributed by atoms with E-state index in [1.54, 1.807) is 6.07 Å². The maximum absolute atomic E-state index is 12.3. The topological polar surface area (TPSA) is 108 Å². The third-order valence-corrected chi connectivity index (χ3v) is 4.19. The van der Waals surface area contributed by atoms with Crippen LogP contribution in [0.5, 0.6) is 0 Å². The molecule has 0 bridgehead atoms. The Labute approximate surface area is 147 Å². The lowest BCUT2D eigenvalue weighted by atomic mass is 10.1. The molecular formula is C19H13N3O4. The molecule has 2 aromatic carbocycles. The fourth-order valence-corrected chi connectivity index (χ4v) is 2.98. The molecule has 1 amide bonds. The second-order valence-electron chi connectivity index (χ2n) is 6.03. The van der Waals surface area contributed by atoms with E-state index in [-0.39, 0.29) is 16.9 Å². The van der Waals surface area contributed by atoms with Crippen molar-refractivity contribution >= 4 is 45.8 Å². The van der Waals surface area contributed by atoms with Crippen molar-refractivity contribution < 1.29 is 19.5 Å². The van der Waals surface area contributed by atoms with Crippen molar-refractivity contribution in [3.63, 3.8) is 0 Å². The van der Waals surface area contributed by atoms with Crippen LogP contribution in [0, 0.1) is 6.92 Å². The molecule has 0 saturated heterocycles. The summed E-state index contributed by atoms with van der Waals surface area (Å²) in [4.78, 5) is 39.8. The highest BCUT2D eigenvalue weighted by Crippen LogP contribution is 2.37. The summed E-state index contributed by atoms with van der Waals surface area (Å²) in [6.45, 7) is 1.93. The van der Waals surface area contributed by atoms with Crippen LogP contribution in [0.2, 0.25) is 0 Å². The van der Waals surface area contributed by atoms with Crippen LogP contribution in [0.4, 0.5) is 17.2 Å². The quantitative estimate of drug-likeness (QED) is 0.628. The molecule has 1 aliphatic rings. The van der Waals surface area contributed by atoms with Crippen molar-refractivity contribution in [2.75, 3.05) is 10.6 Å². The average molecular weight is 347 g/mol. The molecule has 3 N–H and O–H groups in total. The molecule has 0 saturated carbocycles. The van der Waals surface area contributed by atoms with Gasteiger partial charge in [-0.1, -0.05) is 12.1 Å². The number of anilines is 3. The van der Waals surface area contributed by atoms with Crippen LogP contribution in [-0.4, -0.2) is 27.8 Å². The largest absolute Gasteiger partial charge is 0.478 e. The summed E-state index contributed by atoms with van der Waals surface area (Å²) in [5.74, 6) is -2.28. The van der Waals surface area contributed by atoms with E-state index in [2.05, 4.69) is 15.6 Å². The normalized spacial score (nSPS) is 12.8. The molecule has 0 radical (unpaired) electrons. The van der Waals surface area contributed by atoms with Gasteiger partial charge < -0.3 is 15.7 Å². The van der Waals surface area contributed by atoms with Crippen LogP contribution in [0.3, 0.4) is 0 Å². The zero-order valence-corrected chi connectivity index (χ0v) is 13.7. The van der Waals surface area contributed by atoms with Crippen LogP contribution in [0.15, 0.2) is 42.5 Å². The molecular weight excluding hydrogens is 334 g/mol. The van der Waals surface area contributed by atoms with E-state index < -0.39 is 17.7 Å². The number of fused-ring (bicyclic) bond motifs is 3. The van der Waals surface area contributed by atoms with Crippen molar-refractivity contribution in [1.82, 2.24) is 4.98 Å². The van der Waals surface area contributed by atoms with Gasteiger partial charge in [0.2, 0.25) is 0 Å². The number of carbonyl (C=O) groups excluding carboxylic acids is 2. The first-order valence-corrected chi connectivity index (χ1v) is 7.84. The third-order valence-electron chi connectivity index (χ3n) is 4.19. The highest BCUT2D eigenvalue weighted by molar-refractivity contribution is 6.54. The highest BCUT2D eigenvalue weighted by atomic mass is 16.4. The number of carboxylic acid groups (broad SMARTS) is 1. The summed E-state index contributed by atoms with van der Waals surface area (Å²) in [5.41, 5.74) is 2.67. The van der Waals surface area contributed by atoms with Crippen LogP contribution < -0.4 is 10.6 Å². The number of nitrogens with zero attached hydrogens (tertiary/aromatic N) is 1. The minimum absolute atomic E-state index is 0.0714. The van der Waals surface area contributed by atoms with Gasteiger partial charge in [0.15, 0.2) is 0 Å². The summed E-state index contributed by atoms with van der Waals surface area (Å²) in [7, 11) is 0. The van der Waals surface area contributed by atoms with Gasteiger partial charge >= 0.3 is 5.97 Å². The van der Waals surface area contributed by atoms with E-state index in [1.807, 2.05) is 31.2 Å². The minimum Gasteiger partial charge on any atom is -0.478 e. The smallest absolute Gasteiger partial charge is 0.335 e. The summed E-state index contributed by atoms with van der Waals surface area (Å²) in [5, 5.41) is 15.3. The molecule has 26 heavy (non-hydrogen) atoms. The van der Waals surface area contributed by atoms with Gasteiger partial charge in [-0.25, -0.2) is 9.78 Å². The predicted octanol–water partition coefficient (Wildman–Crippen LogP) is 3.12. The van der Waals surface area contributed by atoms with E-state index in [0.29, 0.717) is 22.3 Å². The number of aromatic carboxylic acids is 1. The monoisotopic (exact) mass is 347 g/mol. The number of amides is 1. The van der Waals surface area contributed by atoms with Crippen molar-refractivity contribution in [1.29, 1.82) is 0 Å². The molecule has 1 aromatic heterocycles. The fourth-order valence-electron chi connectivity index (χ4n) is 2.98. The first kappa shape index (κ1) is 15.8. The highest BCUT2D eigenvalue weighted by Gasteiger charge is 2.34. The lowest BCUT2D eigenvalue weighted by Gasteiger charge is -2.12.